The first-order valence-electron chi connectivity index (χ1n) is 20.4. The summed E-state index contributed by atoms with van der Waals surface area (Å²) in [6.07, 6.45) is 22.4. The van der Waals surface area contributed by atoms with Crippen LogP contribution >= 0.6 is 0 Å². The summed E-state index contributed by atoms with van der Waals surface area (Å²) < 4.78 is 18.7. The Morgan fingerprint density at radius 3 is 1.28 bits per heavy atom. The van der Waals surface area contributed by atoms with E-state index in [1.54, 1.807) is 0 Å². The minimum Gasteiger partial charge on any atom is -0.413 e. The lowest BCUT2D eigenvalue weighted by Gasteiger charge is -2.52. The maximum Gasteiger partial charge on any atom is 0.276 e. The van der Waals surface area contributed by atoms with Gasteiger partial charge in [-0.25, -0.2) is 0 Å². The van der Waals surface area contributed by atoms with Crippen molar-refractivity contribution in [3.05, 3.63) is 0 Å². The first-order valence-corrected chi connectivity index (χ1v) is 32.8. The van der Waals surface area contributed by atoms with Gasteiger partial charge in [0.05, 0.1) is 13.7 Å². The maximum absolute atomic E-state index is 12.4. The fraction of sp³-hybridized carbons (Fsp3) is 1.00. The topological polar surface area (TPSA) is 26.3 Å². The van der Waals surface area contributed by atoms with E-state index in [4.69, 9.17) is 4.43 Å². The molecule has 0 saturated heterocycles. The van der Waals surface area contributed by atoms with Crippen molar-refractivity contribution in [1.29, 1.82) is 0 Å². The molecule has 0 aliphatic heterocycles. The molecule has 0 fully saturated rings. The van der Waals surface area contributed by atoms with Crippen molar-refractivity contribution in [3.8, 4) is 0 Å². The standard InChI is InChI=1S/C27H58OSi2.C14H34OSi2/c1-9-11-12-13-14-15-16-17-18-19-20-21-22-23-24-27(5,30(6,7)8)26(3,4)25-29(28)10-2;1-13(2,12-16(5,6)7)11-14(3,4)15-17(8,9)10/h9-25H2,1-8H3;11-12H2,1-10H3. The van der Waals surface area contributed by atoms with Crippen molar-refractivity contribution in [1.82, 2.24) is 0 Å². The molecule has 6 heteroatoms. The van der Waals surface area contributed by atoms with E-state index >= 15 is 0 Å². The van der Waals surface area contributed by atoms with Gasteiger partial charge >= 0.3 is 0 Å². The fourth-order valence-electron chi connectivity index (χ4n) is 8.73. The van der Waals surface area contributed by atoms with Crippen LogP contribution in [-0.4, -0.2) is 38.7 Å². The van der Waals surface area contributed by atoms with Gasteiger partial charge < -0.3 is 8.89 Å². The van der Waals surface area contributed by atoms with Crippen molar-refractivity contribution in [3.63, 3.8) is 0 Å². The van der Waals surface area contributed by atoms with Crippen LogP contribution < -0.4 is 0 Å². The number of unbranched alkanes of at least 4 members (excludes halogenated alkanes) is 13. The molecule has 0 saturated carbocycles. The Balaban J connectivity index is 0. The quantitative estimate of drug-likeness (QED) is 0.0655. The van der Waals surface area contributed by atoms with E-state index in [2.05, 4.69) is 121 Å². The van der Waals surface area contributed by atoms with Crippen LogP contribution in [0, 0.1) is 10.8 Å². The van der Waals surface area contributed by atoms with Gasteiger partial charge in [0.25, 0.3) is 8.68 Å². The fourth-order valence-corrected chi connectivity index (χ4v) is 18.3. The van der Waals surface area contributed by atoms with Crippen molar-refractivity contribution < 1.29 is 8.89 Å². The molecule has 0 aliphatic carbocycles. The molecule has 0 heterocycles. The third kappa shape index (κ3) is 25.3. The smallest absolute Gasteiger partial charge is 0.276 e. The summed E-state index contributed by atoms with van der Waals surface area (Å²) in [5, 5.41) is 0.368. The van der Waals surface area contributed by atoms with Gasteiger partial charge in [0.1, 0.15) is 0 Å². The van der Waals surface area contributed by atoms with Crippen LogP contribution in [-0.2, 0) is 8.89 Å². The highest BCUT2D eigenvalue weighted by Crippen LogP contribution is 2.58. The van der Waals surface area contributed by atoms with Gasteiger partial charge in [-0.2, -0.15) is 0 Å². The van der Waals surface area contributed by atoms with Gasteiger partial charge in [-0.15, -0.1) is 0 Å². The summed E-state index contributed by atoms with van der Waals surface area (Å²) in [6, 6.07) is 3.18. The van der Waals surface area contributed by atoms with Crippen LogP contribution in [0.2, 0.25) is 82.1 Å². The van der Waals surface area contributed by atoms with Gasteiger partial charge in [0.15, 0.2) is 8.32 Å². The summed E-state index contributed by atoms with van der Waals surface area (Å²) in [7, 11) is -5.20. The molecule has 2 nitrogen and oxygen atoms in total. The van der Waals surface area contributed by atoms with E-state index in [1.165, 1.54) is 102 Å². The molecule has 0 aromatic rings. The van der Waals surface area contributed by atoms with Crippen LogP contribution in [0.25, 0.3) is 0 Å². The van der Waals surface area contributed by atoms with Gasteiger partial charge in [0.2, 0.25) is 0 Å². The average Bonchev–Trinajstić information content (AvgIpc) is 2.84. The Morgan fingerprint density at radius 1 is 0.574 bits per heavy atom. The third-order valence-electron chi connectivity index (χ3n) is 10.7. The summed E-state index contributed by atoms with van der Waals surface area (Å²) in [5.74, 6) is 0. The van der Waals surface area contributed by atoms with Gasteiger partial charge in [-0.05, 0) is 74.3 Å². The minimum atomic E-state index is -1.44. The Bertz CT molecular complexity index is 789. The minimum absolute atomic E-state index is 0.0215. The van der Waals surface area contributed by atoms with Gasteiger partial charge in [-0.1, -0.05) is 184 Å². The molecule has 0 N–H and O–H groups in total. The zero-order valence-electron chi connectivity index (χ0n) is 36.3. The molecule has 47 heavy (non-hydrogen) atoms. The summed E-state index contributed by atoms with van der Waals surface area (Å²) in [6.45, 7) is 42.9. The molecular weight excluding hydrogens is 637 g/mol. The molecule has 284 valence electrons. The van der Waals surface area contributed by atoms with E-state index in [0.29, 0.717) is 10.5 Å². The lowest BCUT2D eigenvalue weighted by atomic mass is 9.77. The molecule has 0 rings (SSSR count). The lowest BCUT2D eigenvalue weighted by Crippen LogP contribution is -2.47. The van der Waals surface area contributed by atoms with Crippen LogP contribution in [0.5, 0.6) is 0 Å². The summed E-state index contributed by atoms with van der Waals surface area (Å²) in [4.78, 5) is 0. The second-order valence-electron chi connectivity index (χ2n) is 20.9. The van der Waals surface area contributed by atoms with E-state index < -0.39 is 33.1 Å². The first-order chi connectivity index (χ1) is 21.1. The van der Waals surface area contributed by atoms with Crippen LogP contribution in [0.3, 0.4) is 0 Å². The van der Waals surface area contributed by atoms with E-state index in [0.717, 1.165) is 18.5 Å². The number of hydrogen-bond donors (Lipinski definition) is 0. The molecular formula is C41H92O2Si4. The molecule has 0 aromatic carbocycles. The lowest BCUT2D eigenvalue weighted by molar-refractivity contribution is 0.0546. The van der Waals surface area contributed by atoms with Gasteiger partial charge in [0, 0.05) is 8.07 Å². The molecule has 0 radical (unpaired) electrons. The molecule has 0 spiro atoms. The highest BCUT2D eigenvalue weighted by Gasteiger charge is 2.50. The largest absolute Gasteiger partial charge is 0.413 e. The normalized spacial score (nSPS) is 14.9. The van der Waals surface area contributed by atoms with E-state index in [-0.39, 0.29) is 11.0 Å². The predicted octanol–water partition coefficient (Wildman–Crippen LogP) is 15.8. The highest BCUT2D eigenvalue weighted by atomic mass is 28.4. The zero-order chi connectivity index (χ0) is 37.2. The summed E-state index contributed by atoms with van der Waals surface area (Å²) >= 11 is 0. The first kappa shape index (κ1) is 49.7. The monoisotopic (exact) mass is 729 g/mol. The van der Waals surface area contributed by atoms with E-state index in [1.807, 2.05) is 0 Å². The zero-order valence-corrected chi connectivity index (χ0v) is 40.3. The van der Waals surface area contributed by atoms with Gasteiger partial charge in [-0.3, -0.25) is 0 Å². The number of rotatable bonds is 26. The molecule has 0 bridgehead atoms. The Hall–Kier alpha value is 0.628. The maximum atomic E-state index is 12.4. The van der Waals surface area contributed by atoms with Crippen molar-refractivity contribution in [2.45, 2.75) is 253 Å². The molecule has 0 aromatic heterocycles. The van der Waals surface area contributed by atoms with E-state index in [9.17, 15) is 4.46 Å². The SMILES string of the molecule is CC(C)(CC(C)(C)O[Si](C)(C)C)C[Si](C)(C)C.CCCCCCCCCCCCCCCCC(C)(C(C)(C)C[Si](=O)CC)[Si](C)(C)C. The average molecular weight is 730 g/mol. The molecule has 1 unspecified atom stereocenters. The van der Waals surface area contributed by atoms with Crippen LogP contribution in [0.15, 0.2) is 0 Å². The molecule has 0 amide bonds. The number of hydrogen-bond acceptors (Lipinski definition) is 2. The van der Waals surface area contributed by atoms with Crippen molar-refractivity contribution in [2.24, 2.45) is 10.8 Å². The van der Waals surface area contributed by atoms with Crippen LogP contribution in [0.4, 0.5) is 0 Å². The third-order valence-corrected chi connectivity index (χ3v) is 20.2. The second kappa shape index (κ2) is 22.5. The second-order valence-corrected chi connectivity index (χ2v) is 38.6. The Morgan fingerprint density at radius 2 is 0.957 bits per heavy atom. The molecule has 1 atom stereocenters. The Labute approximate surface area is 304 Å². The van der Waals surface area contributed by atoms with Crippen LogP contribution in [0.1, 0.15) is 165 Å². The van der Waals surface area contributed by atoms with Crippen molar-refractivity contribution in [2.75, 3.05) is 0 Å². The summed E-state index contributed by atoms with van der Waals surface area (Å²) in [5.41, 5.74) is 0.612. The highest BCUT2D eigenvalue weighted by molar-refractivity contribution is 6.79. The Kier molecular flexibility index (Phi) is 23.9. The van der Waals surface area contributed by atoms with Crippen molar-refractivity contribution >= 4 is 33.1 Å². The predicted molar refractivity (Wildman–Crippen MR) is 227 cm³/mol. The molecule has 0 aliphatic rings.